The monoisotopic (exact) mass is 495 g/mol. The first-order chi connectivity index (χ1) is 17.4. The summed E-state index contributed by atoms with van der Waals surface area (Å²) >= 11 is 0. The molecule has 0 fully saturated rings. The van der Waals surface area contributed by atoms with Gasteiger partial charge >= 0.3 is 6.18 Å². The lowest BCUT2D eigenvalue weighted by Gasteiger charge is -2.16. The molecule has 0 amide bonds. The maximum Gasteiger partial charge on any atom is 0.422 e. The Bertz CT molecular complexity index is 1270. The summed E-state index contributed by atoms with van der Waals surface area (Å²) in [6.45, 7) is -1.27. The lowest BCUT2D eigenvalue weighted by Crippen LogP contribution is -2.19. The van der Waals surface area contributed by atoms with Crippen molar-refractivity contribution >= 4 is 0 Å². The van der Waals surface area contributed by atoms with Crippen molar-refractivity contribution in [1.29, 1.82) is 0 Å². The van der Waals surface area contributed by atoms with Crippen molar-refractivity contribution in [1.82, 2.24) is 4.98 Å². The molecule has 1 heterocycles. The predicted octanol–water partition coefficient (Wildman–Crippen LogP) is 6.34. The van der Waals surface area contributed by atoms with Crippen LogP contribution in [0.25, 0.3) is 11.1 Å². The van der Waals surface area contributed by atoms with E-state index in [9.17, 15) is 18.3 Å². The van der Waals surface area contributed by atoms with E-state index >= 15 is 0 Å². The smallest absolute Gasteiger partial charge is 0.422 e. The van der Waals surface area contributed by atoms with E-state index in [1.807, 2.05) is 60.7 Å². The molecule has 4 rings (SSSR count). The van der Waals surface area contributed by atoms with Crippen LogP contribution in [0.3, 0.4) is 0 Å². The molecule has 186 valence electrons. The third kappa shape index (κ3) is 6.99. The second-order valence-corrected chi connectivity index (χ2v) is 7.93. The van der Waals surface area contributed by atoms with Gasteiger partial charge < -0.3 is 19.3 Å². The molecule has 0 atom stereocenters. The zero-order valence-electron chi connectivity index (χ0n) is 19.2. The Morgan fingerprint density at radius 3 is 1.92 bits per heavy atom. The Balaban J connectivity index is 1.62. The van der Waals surface area contributed by atoms with Gasteiger partial charge in [-0.15, -0.1) is 0 Å². The molecule has 5 nitrogen and oxygen atoms in total. The molecule has 0 saturated heterocycles. The minimum Gasteiger partial charge on any atom is -0.484 e. The molecule has 0 aliphatic rings. The van der Waals surface area contributed by atoms with E-state index < -0.39 is 19.4 Å². The third-order valence-corrected chi connectivity index (χ3v) is 5.22. The van der Waals surface area contributed by atoms with Crippen LogP contribution in [0.2, 0.25) is 0 Å². The summed E-state index contributed by atoms with van der Waals surface area (Å²) in [5.74, 6) is 0.618. The second-order valence-electron chi connectivity index (χ2n) is 7.93. The Kier molecular flexibility index (Phi) is 8.07. The van der Waals surface area contributed by atoms with Crippen molar-refractivity contribution in [3.63, 3.8) is 0 Å². The quantitative estimate of drug-likeness (QED) is 0.278. The van der Waals surface area contributed by atoms with Crippen LogP contribution in [0.1, 0.15) is 16.7 Å². The number of pyridine rings is 1. The molecule has 3 aromatic carbocycles. The van der Waals surface area contributed by atoms with Crippen LogP contribution >= 0.6 is 0 Å². The van der Waals surface area contributed by atoms with Crippen molar-refractivity contribution < 1.29 is 32.5 Å². The van der Waals surface area contributed by atoms with Crippen molar-refractivity contribution in [3.05, 3.63) is 108 Å². The van der Waals surface area contributed by atoms with E-state index in [0.29, 0.717) is 29.2 Å². The van der Waals surface area contributed by atoms with Gasteiger partial charge in [0.2, 0.25) is 11.8 Å². The van der Waals surface area contributed by atoms with E-state index in [1.54, 1.807) is 18.2 Å². The number of nitrogens with zero attached hydrogens (tertiary/aromatic N) is 1. The van der Waals surface area contributed by atoms with Crippen molar-refractivity contribution in [3.8, 4) is 28.6 Å². The fourth-order valence-electron chi connectivity index (χ4n) is 3.49. The standard InChI is InChI=1S/C28H24F3NO4/c29-28(30,31)19-36-23-11-12-24(22(15-23)16-33)25-13-14-26(34-17-20-7-3-1-4-8-20)32-27(25)35-18-21-9-5-2-6-10-21/h1-15,33H,16-19H2. The highest BCUT2D eigenvalue weighted by molar-refractivity contribution is 5.73. The number of rotatable bonds is 10. The number of hydrogen-bond donors (Lipinski definition) is 1. The van der Waals surface area contributed by atoms with Crippen LogP contribution in [0.4, 0.5) is 13.2 Å². The summed E-state index contributed by atoms with van der Waals surface area (Å²) in [6, 6.07) is 27.0. The first-order valence-electron chi connectivity index (χ1n) is 11.2. The SMILES string of the molecule is OCc1cc(OCC(F)(F)F)ccc1-c1ccc(OCc2ccccc2)nc1OCc1ccccc1. The summed E-state index contributed by atoms with van der Waals surface area (Å²) < 4.78 is 54.3. The van der Waals surface area contributed by atoms with E-state index in [0.717, 1.165) is 11.1 Å². The molecule has 0 spiro atoms. The van der Waals surface area contributed by atoms with Crippen LogP contribution in [0.5, 0.6) is 17.5 Å². The molecular formula is C28H24F3NO4. The molecule has 0 aliphatic heterocycles. The lowest BCUT2D eigenvalue weighted by molar-refractivity contribution is -0.153. The molecule has 1 aromatic heterocycles. The van der Waals surface area contributed by atoms with Crippen LogP contribution < -0.4 is 14.2 Å². The molecule has 0 unspecified atom stereocenters. The molecule has 4 aromatic rings. The topological polar surface area (TPSA) is 60.8 Å². The molecular weight excluding hydrogens is 471 g/mol. The molecule has 8 heteroatoms. The van der Waals surface area contributed by atoms with E-state index in [1.165, 1.54) is 12.1 Å². The number of ether oxygens (including phenoxy) is 3. The Hall–Kier alpha value is -4.04. The number of aromatic nitrogens is 1. The second kappa shape index (κ2) is 11.6. The number of alkyl halides is 3. The first-order valence-corrected chi connectivity index (χ1v) is 11.2. The van der Waals surface area contributed by atoms with Crippen molar-refractivity contribution in [2.45, 2.75) is 26.0 Å². The minimum absolute atomic E-state index is 0.00246. The summed E-state index contributed by atoms with van der Waals surface area (Å²) in [5.41, 5.74) is 3.40. The highest BCUT2D eigenvalue weighted by Crippen LogP contribution is 2.35. The number of halogens is 3. The van der Waals surface area contributed by atoms with Gasteiger partial charge in [-0.05, 0) is 40.5 Å². The Morgan fingerprint density at radius 2 is 1.31 bits per heavy atom. The van der Waals surface area contributed by atoms with Crippen LogP contribution in [0, 0.1) is 0 Å². The van der Waals surface area contributed by atoms with Crippen molar-refractivity contribution in [2.75, 3.05) is 6.61 Å². The predicted molar refractivity (Wildman–Crippen MR) is 129 cm³/mol. The van der Waals surface area contributed by atoms with Crippen LogP contribution in [-0.4, -0.2) is 22.9 Å². The van der Waals surface area contributed by atoms with Gasteiger partial charge in [-0.3, -0.25) is 0 Å². The summed E-state index contributed by atoms with van der Waals surface area (Å²) in [6.07, 6.45) is -4.46. The van der Waals surface area contributed by atoms with Gasteiger partial charge in [-0.1, -0.05) is 66.7 Å². The van der Waals surface area contributed by atoms with Gasteiger partial charge in [0.25, 0.3) is 0 Å². The highest BCUT2D eigenvalue weighted by Gasteiger charge is 2.28. The van der Waals surface area contributed by atoms with Gasteiger partial charge in [0.15, 0.2) is 6.61 Å². The maximum atomic E-state index is 12.5. The minimum atomic E-state index is -4.46. The number of aliphatic hydroxyl groups excluding tert-OH is 1. The normalized spacial score (nSPS) is 11.2. The van der Waals surface area contributed by atoms with Crippen LogP contribution in [-0.2, 0) is 19.8 Å². The van der Waals surface area contributed by atoms with Crippen LogP contribution in [0.15, 0.2) is 91.0 Å². The summed E-state index contributed by atoms with van der Waals surface area (Å²) in [7, 11) is 0. The lowest BCUT2D eigenvalue weighted by atomic mass is 10.0. The third-order valence-electron chi connectivity index (χ3n) is 5.22. The number of hydrogen-bond acceptors (Lipinski definition) is 5. The van der Waals surface area contributed by atoms with Gasteiger partial charge in [0.1, 0.15) is 19.0 Å². The Labute approximate surface area is 206 Å². The van der Waals surface area contributed by atoms with Gasteiger partial charge in [-0.2, -0.15) is 18.2 Å². The first kappa shape index (κ1) is 25.1. The van der Waals surface area contributed by atoms with E-state index in [-0.39, 0.29) is 18.2 Å². The largest absolute Gasteiger partial charge is 0.484 e. The Morgan fingerprint density at radius 1 is 0.694 bits per heavy atom. The van der Waals surface area contributed by atoms with Gasteiger partial charge in [0.05, 0.1) is 6.61 Å². The maximum absolute atomic E-state index is 12.5. The molecule has 0 bridgehead atoms. The zero-order valence-corrected chi connectivity index (χ0v) is 19.2. The zero-order chi connectivity index (χ0) is 25.4. The van der Waals surface area contributed by atoms with Gasteiger partial charge in [-0.25, -0.2) is 0 Å². The molecule has 0 radical (unpaired) electrons. The van der Waals surface area contributed by atoms with E-state index in [2.05, 4.69) is 4.98 Å². The molecule has 1 N–H and O–H groups in total. The average Bonchev–Trinajstić information content (AvgIpc) is 2.90. The van der Waals surface area contributed by atoms with E-state index in [4.69, 9.17) is 14.2 Å². The molecule has 36 heavy (non-hydrogen) atoms. The highest BCUT2D eigenvalue weighted by atomic mass is 19.4. The molecule has 0 aliphatic carbocycles. The number of aliphatic hydroxyl groups is 1. The average molecular weight is 495 g/mol. The number of benzene rings is 3. The fourth-order valence-corrected chi connectivity index (χ4v) is 3.49. The summed E-state index contributed by atoms with van der Waals surface area (Å²) in [4.78, 5) is 4.54. The molecule has 0 saturated carbocycles. The van der Waals surface area contributed by atoms with Gasteiger partial charge in [0, 0.05) is 11.6 Å². The fraction of sp³-hybridized carbons (Fsp3) is 0.179. The summed E-state index contributed by atoms with van der Waals surface area (Å²) in [5, 5.41) is 9.93. The van der Waals surface area contributed by atoms with Crippen molar-refractivity contribution in [2.24, 2.45) is 0 Å².